The predicted molar refractivity (Wildman–Crippen MR) is 53.6 cm³/mol. The summed E-state index contributed by atoms with van der Waals surface area (Å²) >= 11 is 1.37. The molecule has 78 valence electrons. The van der Waals surface area contributed by atoms with E-state index in [2.05, 4.69) is 24.9 Å². The van der Waals surface area contributed by atoms with Gasteiger partial charge in [-0.05, 0) is 6.92 Å². The van der Waals surface area contributed by atoms with E-state index in [-0.39, 0.29) is 0 Å². The highest BCUT2D eigenvalue weighted by molar-refractivity contribution is 7.15. The first-order valence-corrected chi connectivity index (χ1v) is 4.95. The van der Waals surface area contributed by atoms with E-state index in [9.17, 15) is 4.79 Å². The van der Waals surface area contributed by atoms with Crippen LogP contribution in [0.3, 0.4) is 0 Å². The summed E-state index contributed by atoms with van der Waals surface area (Å²) in [5.74, 6) is 0.118. The van der Waals surface area contributed by atoms with Crippen molar-refractivity contribution in [3.8, 4) is 10.8 Å². The largest absolute Gasteiger partial charge is 0.464 e. The average Bonchev–Trinajstić information content (AvgIpc) is 2.84. The van der Waals surface area contributed by atoms with Gasteiger partial charge in [-0.2, -0.15) is 5.10 Å². The third-order valence-corrected chi connectivity index (χ3v) is 2.77. The highest BCUT2D eigenvalue weighted by atomic mass is 32.1. The third-order valence-electron chi connectivity index (χ3n) is 1.79. The van der Waals surface area contributed by atoms with Crippen LogP contribution in [-0.2, 0) is 4.74 Å². The molecule has 15 heavy (non-hydrogen) atoms. The maximum atomic E-state index is 11.3. The number of methoxy groups -OCH3 is 1. The zero-order valence-electron chi connectivity index (χ0n) is 8.14. The average molecular weight is 224 g/mol. The lowest BCUT2D eigenvalue weighted by molar-refractivity contribution is 0.0594. The lowest BCUT2D eigenvalue weighted by Gasteiger charge is -1.93. The summed E-state index contributed by atoms with van der Waals surface area (Å²) in [5, 5.41) is 7.03. The van der Waals surface area contributed by atoms with Gasteiger partial charge in [0.1, 0.15) is 6.33 Å². The molecule has 1 N–H and O–H groups in total. The van der Waals surface area contributed by atoms with Gasteiger partial charge in [-0.25, -0.2) is 14.8 Å². The summed E-state index contributed by atoms with van der Waals surface area (Å²) in [7, 11) is 1.33. The molecule has 0 amide bonds. The van der Waals surface area contributed by atoms with Crippen molar-refractivity contribution >= 4 is 17.3 Å². The number of hydrogen-bond donors (Lipinski definition) is 1. The molecule has 7 heteroatoms. The Morgan fingerprint density at radius 1 is 1.60 bits per heavy atom. The van der Waals surface area contributed by atoms with Crippen LogP contribution in [0.4, 0.5) is 0 Å². The van der Waals surface area contributed by atoms with Gasteiger partial charge in [0.05, 0.1) is 7.11 Å². The van der Waals surface area contributed by atoms with Crippen LogP contribution in [0.1, 0.15) is 15.4 Å². The molecule has 6 nitrogen and oxygen atoms in total. The maximum Gasteiger partial charge on any atom is 0.357 e. The Bertz CT molecular complexity index is 477. The highest BCUT2D eigenvalue weighted by Gasteiger charge is 2.17. The SMILES string of the molecule is COC(=O)c1nc(-c2ncn[nH]2)sc1C. The Labute approximate surface area is 89.3 Å². The molecule has 0 unspecified atom stereocenters. The quantitative estimate of drug-likeness (QED) is 0.770. The number of aryl methyl sites for hydroxylation is 1. The first-order valence-electron chi connectivity index (χ1n) is 4.14. The van der Waals surface area contributed by atoms with Gasteiger partial charge >= 0.3 is 5.97 Å². The van der Waals surface area contributed by atoms with E-state index in [1.807, 2.05) is 6.92 Å². The maximum absolute atomic E-state index is 11.3. The van der Waals surface area contributed by atoms with Crippen LogP contribution in [0.15, 0.2) is 6.33 Å². The van der Waals surface area contributed by atoms with Gasteiger partial charge in [-0.3, -0.25) is 5.10 Å². The topological polar surface area (TPSA) is 80.8 Å². The summed E-state index contributed by atoms with van der Waals surface area (Å²) in [6.45, 7) is 1.81. The molecule has 0 aliphatic carbocycles. The van der Waals surface area contributed by atoms with Crippen LogP contribution in [0.5, 0.6) is 0 Å². The van der Waals surface area contributed by atoms with Crippen LogP contribution in [0.25, 0.3) is 10.8 Å². The molecular weight excluding hydrogens is 216 g/mol. The fourth-order valence-electron chi connectivity index (χ4n) is 1.09. The summed E-state index contributed by atoms with van der Waals surface area (Å²) < 4.78 is 4.61. The van der Waals surface area contributed by atoms with Crippen molar-refractivity contribution in [3.63, 3.8) is 0 Å². The van der Waals surface area contributed by atoms with Crippen LogP contribution in [-0.4, -0.2) is 33.2 Å². The molecule has 0 atom stereocenters. The smallest absolute Gasteiger partial charge is 0.357 e. The lowest BCUT2D eigenvalue weighted by Crippen LogP contribution is -2.03. The summed E-state index contributed by atoms with van der Waals surface area (Å²) in [6.07, 6.45) is 1.39. The summed E-state index contributed by atoms with van der Waals surface area (Å²) in [6, 6.07) is 0. The number of ether oxygens (including phenoxy) is 1. The van der Waals surface area contributed by atoms with Gasteiger partial charge in [0.25, 0.3) is 0 Å². The molecule has 0 fully saturated rings. The molecule has 0 aromatic carbocycles. The van der Waals surface area contributed by atoms with Crippen molar-refractivity contribution < 1.29 is 9.53 Å². The van der Waals surface area contributed by atoms with E-state index < -0.39 is 5.97 Å². The van der Waals surface area contributed by atoms with Gasteiger partial charge < -0.3 is 4.74 Å². The molecule has 2 rings (SSSR count). The van der Waals surface area contributed by atoms with Crippen molar-refractivity contribution in [1.82, 2.24) is 20.2 Å². The number of esters is 1. The van der Waals surface area contributed by atoms with Gasteiger partial charge in [0.15, 0.2) is 16.5 Å². The third kappa shape index (κ3) is 1.73. The standard InChI is InChI=1S/C8H8N4O2S/c1-4-5(8(13)14-2)11-7(15-4)6-9-3-10-12-6/h3H,1-2H3,(H,9,10,12). The van der Waals surface area contributed by atoms with E-state index in [1.165, 1.54) is 24.8 Å². The predicted octanol–water partition coefficient (Wildman–Crippen LogP) is 1.02. The Hall–Kier alpha value is -1.76. The molecular formula is C8H8N4O2S. The van der Waals surface area contributed by atoms with Crippen molar-refractivity contribution in [3.05, 3.63) is 16.9 Å². The normalized spacial score (nSPS) is 10.3. The van der Waals surface area contributed by atoms with E-state index in [0.717, 1.165) is 4.88 Å². The number of nitrogens with one attached hydrogen (secondary N) is 1. The number of thiazole rings is 1. The number of H-pyrrole nitrogens is 1. The number of aromatic nitrogens is 4. The van der Waals surface area contributed by atoms with Crippen LogP contribution in [0.2, 0.25) is 0 Å². The number of carbonyl (C=O) groups excluding carboxylic acids is 1. The Kier molecular flexibility index (Phi) is 2.46. The molecule has 2 aromatic heterocycles. The van der Waals surface area contributed by atoms with Crippen LogP contribution < -0.4 is 0 Å². The number of hydrogen-bond acceptors (Lipinski definition) is 6. The van der Waals surface area contributed by atoms with Gasteiger partial charge in [-0.15, -0.1) is 11.3 Å². The molecule has 0 saturated heterocycles. The van der Waals surface area contributed by atoms with E-state index >= 15 is 0 Å². The van der Waals surface area contributed by atoms with E-state index in [0.29, 0.717) is 16.5 Å². The first kappa shape index (κ1) is 9.78. The second kappa shape index (κ2) is 3.77. The summed E-state index contributed by atoms with van der Waals surface area (Å²) in [5.41, 5.74) is 0.328. The van der Waals surface area contributed by atoms with Gasteiger partial charge in [-0.1, -0.05) is 0 Å². The summed E-state index contributed by atoms with van der Waals surface area (Å²) in [4.78, 5) is 20.2. The molecule has 0 radical (unpaired) electrons. The van der Waals surface area contributed by atoms with Crippen LogP contribution >= 0.6 is 11.3 Å². The van der Waals surface area contributed by atoms with Crippen molar-refractivity contribution in [2.45, 2.75) is 6.92 Å². The number of rotatable bonds is 2. The fourth-order valence-corrected chi connectivity index (χ4v) is 1.94. The Morgan fingerprint density at radius 2 is 2.40 bits per heavy atom. The highest BCUT2D eigenvalue weighted by Crippen LogP contribution is 2.24. The zero-order valence-corrected chi connectivity index (χ0v) is 8.96. The minimum atomic E-state index is -0.436. The Morgan fingerprint density at radius 3 is 3.00 bits per heavy atom. The first-order chi connectivity index (χ1) is 7.22. The fraction of sp³-hybridized carbons (Fsp3) is 0.250. The number of nitrogens with zero attached hydrogens (tertiary/aromatic N) is 3. The minimum Gasteiger partial charge on any atom is -0.464 e. The van der Waals surface area contributed by atoms with Crippen molar-refractivity contribution in [2.24, 2.45) is 0 Å². The van der Waals surface area contributed by atoms with E-state index in [4.69, 9.17) is 0 Å². The van der Waals surface area contributed by atoms with Crippen molar-refractivity contribution in [2.75, 3.05) is 7.11 Å². The van der Waals surface area contributed by atoms with Crippen LogP contribution in [0, 0.1) is 6.92 Å². The Balaban J connectivity index is 2.41. The molecule has 0 bridgehead atoms. The van der Waals surface area contributed by atoms with Gasteiger partial charge in [0, 0.05) is 4.88 Å². The molecule has 0 aliphatic heterocycles. The minimum absolute atomic E-state index is 0.328. The molecule has 0 spiro atoms. The molecule has 2 heterocycles. The number of aromatic amines is 1. The lowest BCUT2D eigenvalue weighted by atomic mass is 10.4. The van der Waals surface area contributed by atoms with E-state index in [1.54, 1.807) is 0 Å². The number of carbonyl (C=O) groups is 1. The molecule has 0 aliphatic rings. The van der Waals surface area contributed by atoms with Crippen molar-refractivity contribution in [1.29, 1.82) is 0 Å². The second-order valence-electron chi connectivity index (χ2n) is 2.75. The monoisotopic (exact) mass is 224 g/mol. The molecule has 0 saturated carbocycles. The van der Waals surface area contributed by atoms with Gasteiger partial charge in [0.2, 0.25) is 0 Å². The zero-order chi connectivity index (χ0) is 10.8. The second-order valence-corrected chi connectivity index (χ2v) is 3.95. The molecule has 2 aromatic rings.